The molecule has 5 nitrogen and oxygen atoms in total. The predicted octanol–water partition coefficient (Wildman–Crippen LogP) is 3.08. The van der Waals surface area contributed by atoms with Crippen LogP contribution in [0.4, 0.5) is 5.69 Å². The van der Waals surface area contributed by atoms with E-state index < -0.39 is 0 Å². The van der Waals surface area contributed by atoms with Crippen molar-refractivity contribution in [1.29, 1.82) is 0 Å². The molecule has 0 fully saturated rings. The summed E-state index contributed by atoms with van der Waals surface area (Å²) in [6.45, 7) is 0.174. The summed E-state index contributed by atoms with van der Waals surface area (Å²) in [5, 5.41) is 16.1. The molecule has 1 aliphatic heterocycles. The van der Waals surface area contributed by atoms with E-state index in [1.165, 1.54) is 0 Å². The Morgan fingerprint density at radius 1 is 1.17 bits per heavy atom. The maximum atomic E-state index is 12.6. The molecule has 0 aliphatic carbocycles. The van der Waals surface area contributed by atoms with Crippen LogP contribution < -0.4 is 5.32 Å². The maximum absolute atomic E-state index is 12.6. The van der Waals surface area contributed by atoms with Crippen molar-refractivity contribution in [3.8, 4) is 0 Å². The van der Waals surface area contributed by atoms with Gasteiger partial charge in [-0.1, -0.05) is 29.8 Å². The Labute approximate surface area is 144 Å². The maximum Gasteiger partial charge on any atom is 0.228 e. The number of aliphatic imine (C=N–C) groups is 1. The first-order valence-corrected chi connectivity index (χ1v) is 7.50. The van der Waals surface area contributed by atoms with Crippen LogP contribution in [0.3, 0.4) is 0 Å². The molecular formula is C16H15Cl2N3O2. The summed E-state index contributed by atoms with van der Waals surface area (Å²) in [6, 6.07) is 15.0. The Morgan fingerprint density at radius 2 is 1.87 bits per heavy atom. The average Bonchev–Trinajstić information content (AvgIpc) is 2.72. The van der Waals surface area contributed by atoms with E-state index in [4.69, 9.17) is 16.3 Å². The number of rotatable bonds is 1. The second-order valence-corrected chi connectivity index (χ2v) is 5.16. The normalized spacial score (nSPS) is 13.3. The highest BCUT2D eigenvalue weighted by molar-refractivity contribution is 6.31. The molecule has 2 aromatic carbocycles. The minimum Gasteiger partial charge on any atom is -0.623 e. The quantitative estimate of drug-likeness (QED) is 0.612. The van der Waals surface area contributed by atoms with Crippen molar-refractivity contribution in [3.63, 3.8) is 0 Å². The van der Waals surface area contributed by atoms with Crippen LogP contribution in [0.15, 0.2) is 53.5 Å². The Bertz CT molecular complexity index is 746. The Morgan fingerprint density at radius 3 is 2.52 bits per heavy atom. The van der Waals surface area contributed by atoms with Crippen LogP contribution in [0.25, 0.3) is 0 Å². The smallest absolute Gasteiger partial charge is 0.228 e. The fourth-order valence-electron chi connectivity index (χ4n) is 2.36. The van der Waals surface area contributed by atoms with Crippen molar-refractivity contribution in [3.05, 3.63) is 69.9 Å². The molecule has 0 spiro atoms. The molecule has 0 radical (unpaired) electrons. The SMILES string of the molecule is CNC1=Nc2ccc(Cl)cc2C(c2ccccc2)=[N+]([O-])C1.OCl. The van der Waals surface area contributed by atoms with Crippen LogP contribution in [-0.4, -0.2) is 34.5 Å². The van der Waals surface area contributed by atoms with Gasteiger partial charge < -0.3 is 10.5 Å². The minimum atomic E-state index is 0.174. The van der Waals surface area contributed by atoms with Crippen LogP contribution in [0, 0.1) is 5.21 Å². The number of hydrogen-bond acceptors (Lipinski definition) is 4. The lowest BCUT2D eigenvalue weighted by atomic mass is 10.0. The van der Waals surface area contributed by atoms with E-state index in [2.05, 4.69) is 22.2 Å². The predicted molar refractivity (Wildman–Crippen MR) is 93.8 cm³/mol. The Balaban J connectivity index is 0.000000924. The number of benzene rings is 2. The van der Waals surface area contributed by atoms with Gasteiger partial charge in [-0.15, -0.1) is 0 Å². The van der Waals surface area contributed by atoms with Crippen molar-refractivity contribution >= 4 is 40.7 Å². The van der Waals surface area contributed by atoms with Gasteiger partial charge in [0.1, 0.15) is 0 Å². The van der Waals surface area contributed by atoms with Gasteiger partial charge in [0.05, 0.1) is 23.1 Å². The zero-order valence-electron chi connectivity index (χ0n) is 12.3. The fourth-order valence-corrected chi connectivity index (χ4v) is 2.53. The number of fused-ring (bicyclic) bond motifs is 1. The van der Waals surface area contributed by atoms with E-state index in [0.717, 1.165) is 21.6 Å². The van der Waals surface area contributed by atoms with Gasteiger partial charge in [-0.2, -0.15) is 4.74 Å². The molecule has 0 saturated heterocycles. The second kappa shape index (κ2) is 7.97. The second-order valence-electron chi connectivity index (χ2n) is 4.72. The van der Waals surface area contributed by atoms with E-state index in [-0.39, 0.29) is 6.54 Å². The van der Waals surface area contributed by atoms with Crippen LogP contribution in [-0.2, 0) is 0 Å². The van der Waals surface area contributed by atoms with E-state index in [9.17, 15) is 5.21 Å². The summed E-state index contributed by atoms with van der Waals surface area (Å²) >= 11 is 9.74. The first-order chi connectivity index (χ1) is 11.2. The highest BCUT2D eigenvalue weighted by Crippen LogP contribution is 2.27. The molecule has 7 heteroatoms. The van der Waals surface area contributed by atoms with Crippen LogP contribution >= 0.6 is 23.5 Å². The largest absolute Gasteiger partial charge is 0.623 e. The van der Waals surface area contributed by atoms with Crippen molar-refractivity contribution in [1.82, 2.24) is 5.32 Å². The van der Waals surface area contributed by atoms with Gasteiger partial charge in [0.15, 0.2) is 5.84 Å². The Hall–Kier alpha value is -2.08. The molecule has 0 unspecified atom stereocenters. The summed E-state index contributed by atoms with van der Waals surface area (Å²) in [5.41, 5.74) is 2.92. The fraction of sp³-hybridized carbons (Fsp3) is 0.125. The van der Waals surface area contributed by atoms with Gasteiger partial charge in [0, 0.05) is 17.6 Å². The third kappa shape index (κ3) is 3.82. The highest BCUT2D eigenvalue weighted by atomic mass is 35.5. The zero-order chi connectivity index (χ0) is 16.8. The molecule has 0 bridgehead atoms. The Kier molecular flexibility index (Phi) is 5.98. The van der Waals surface area contributed by atoms with Crippen molar-refractivity contribution in [2.24, 2.45) is 4.99 Å². The first kappa shape index (κ1) is 17.3. The highest BCUT2D eigenvalue weighted by Gasteiger charge is 2.24. The molecule has 0 amide bonds. The standard InChI is InChI=1S/C16H14ClN3O.ClHO/c1-18-15-10-20(21)16(11-5-3-2-4-6-11)13-9-12(17)7-8-14(13)19-15;1-2/h2-9H,10H2,1H3,(H,18,19);2H. The van der Waals surface area contributed by atoms with E-state index in [0.29, 0.717) is 16.6 Å². The molecule has 2 aromatic rings. The summed E-state index contributed by atoms with van der Waals surface area (Å²) < 4.78 is 7.42. The number of hydroxylamine groups is 1. The van der Waals surface area contributed by atoms with Crippen molar-refractivity contribution in [2.45, 2.75) is 0 Å². The molecule has 120 valence electrons. The minimum absolute atomic E-state index is 0.174. The van der Waals surface area contributed by atoms with Crippen LogP contribution in [0.5, 0.6) is 0 Å². The molecular weight excluding hydrogens is 337 g/mol. The van der Waals surface area contributed by atoms with Gasteiger partial charge in [-0.25, -0.2) is 4.99 Å². The van der Waals surface area contributed by atoms with Gasteiger partial charge in [0.2, 0.25) is 12.3 Å². The molecule has 1 aliphatic rings. The molecule has 0 atom stereocenters. The number of amidine groups is 1. The van der Waals surface area contributed by atoms with E-state index in [1.54, 1.807) is 19.2 Å². The summed E-state index contributed by atoms with van der Waals surface area (Å²) in [5.74, 6) is 0.625. The zero-order valence-corrected chi connectivity index (χ0v) is 13.8. The van der Waals surface area contributed by atoms with Crippen LogP contribution in [0.2, 0.25) is 5.02 Å². The topological polar surface area (TPSA) is 70.7 Å². The lowest BCUT2D eigenvalue weighted by molar-refractivity contribution is -0.439. The van der Waals surface area contributed by atoms with Crippen LogP contribution in [0.1, 0.15) is 11.1 Å². The molecule has 0 aromatic heterocycles. The summed E-state index contributed by atoms with van der Waals surface area (Å²) in [6.07, 6.45) is 0. The van der Waals surface area contributed by atoms with Gasteiger partial charge in [-0.05, 0) is 30.3 Å². The van der Waals surface area contributed by atoms with Gasteiger partial charge >= 0.3 is 0 Å². The number of nitrogens with one attached hydrogen (secondary N) is 1. The van der Waals surface area contributed by atoms with E-state index >= 15 is 0 Å². The van der Waals surface area contributed by atoms with Crippen molar-refractivity contribution in [2.75, 3.05) is 13.6 Å². The monoisotopic (exact) mass is 351 g/mol. The number of nitrogens with zero attached hydrogens (tertiary/aromatic N) is 2. The molecule has 3 rings (SSSR count). The lowest BCUT2D eigenvalue weighted by Crippen LogP contribution is -2.29. The van der Waals surface area contributed by atoms with Gasteiger partial charge in [-0.3, -0.25) is 4.66 Å². The number of halogens is 2. The average molecular weight is 352 g/mol. The summed E-state index contributed by atoms with van der Waals surface area (Å²) in [4.78, 5) is 4.51. The molecule has 2 N–H and O–H groups in total. The van der Waals surface area contributed by atoms with Crippen molar-refractivity contribution < 1.29 is 9.40 Å². The van der Waals surface area contributed by atoms with E-state index in [1.807, 2.05) is 36.4 Å². The number of likely N-dealkylation sites (N-methyl/N-ethyl adjacent to an activating group) is 1. The first-order valence-electron chi connectivity index (χ1n) is 6.78. The summed E-state index contributed by atoms with van der Waals surface area (Å²) in [7, 11) is 1.76. The molecule has 1 heterocycles. The third-order valence-electron chi connectivity index (χ3n) is 3.35. The van der Waals surface area contributed by atoms with Gasteiger partial charge in [0.25, 0.3) is 0 Å². The number of hydrogen-bond donors (Lipinski definition) is 2. The third-order valence-corrected chi connectivity index (χ3v) is 3.58. The molecule has 0 saturated carbocycles. The molecule has 23 heavy (non-hydrogen) atoms. The lowest BCUT2D eigenvalue weighted by Gasteiger charge is -2.10.